The van der Waals surface area contributed by atoms with Crippen molar-refractivity contribution < 1.29 is 14.7 Å². The Balaban J connectivity index is 2.62. The normalized spacial score (nSPS) is 26.9. The van der Waals surface area contributed by atoms with Crippen LogP contribution in [0.5, 0.6) is 0 Å². The number of hydroxylamine groups is 1. The number of carbonyl (C=O) groups is 1. The fourth-order valence-corrected chi connectivity index (χ4v) is 1.94. The summed E-state index contributed by atoms with van der Waals surface area (Å²) in [7, 11) is 0. The molecule has 0 aromatic heterocycles. The first-order valence-electron chi connectivity index (χ1n) is 6.49. The maximum Gasteiger partial charge on any atom is 0.317 e. The summed E-state index contributed by atoms with van der Waals surface area (Å²) in [6.07, 6.45) is 8.53. The molecule has 0 amide bonds. The molecule has 2 atom stereocenters. The van der Waals surface area contributed by atoms with Gasteiger partial charge in [0.2, 0.25) is 0 Å². The van der Waals surface area contributed by atoms with Crippen molar-refractivity contribution in [2.45, 2.75) is 46.1 Å². The zero-order chi connectivity index (χ0) is 13.6. The Morgan fingerprint density at radius 3 is 2.89 bits per heavy atom. The lowest BCUT2D eigenvalue weighted by atomic mass is 9.78. The van der Waals surface area contributed by atoms with Gasteiger partial charge < -0.3 is 9.94 Å². The van der Waals surface area contributed by atoms with Crippen LogP contribution in [0.15, 0.2) is 23.8 Å². The molecule has 2 unspecified atom stereocenters. The molecule has 0 saturated carbocycles. The summed E-state index contributed by atoms with van der Waals surface area (Å²) >= 11 is 0. The van der Waals surface area contributed by atoms with Crippen LogP contribution in [-0.2, 0) is 9.53 Å². The van der Waals surface area contributed by atoms with E-state index in [0.717, 1.165) is 24.8 Å². The number of carbonyl (C=O) groups excluding carboxylic acids is 1. The van der Waals surface area contributed by atoms with Crippen LogP contribution in [0.2, 0.25) is 0 Å². The van der Waals surface area contributed by atoms with E-state index in [4.69, 9.17) is 9.94 Å². The highest BCUT2D eigenvalue weighted by atomic mass is 16.5. The first kappa shape index (κ1) is 14.9. The molecular weight excluding hydrogens is 230 g/mol. The fraction of sp³-hybridized carbons (Fsp3) is 0.643. The van der Waals surface area contributed by atoms with Crippen LogP contribution in [0.1, 0.15) is 40.0 Å². The Labute approximate surface area is 109 Å². The van der Waals surface area contributed by atoms with Gasteiger partial charge in [-0.2, -0.15) is 5.48 Å². The molecule has 0 aromatic rings. The largest absolute Gasteiger partial charge is 0.465 e. The van der Waals surface area contributed by atoms with Crippen LogP contribution >= 0.6 is 0 Å². The maximum atomic E-state index is 12.1. The molecule has 0 heterocycles. The fourth-order valence-electron chi connectivity index (χ4n) is 1.94. The van der Waals surface area contributed by atoms with E-state index in [9.17, 15) is 4.79 Å². The number of hydrogen-bond donors (Lipinski definition) is 2. The number of rotatable bonds is 6. The second kappa shape index (κ2) is 6.71. The van der Waals surface area contributed by atoms with Crippen molar-refractivity contribution in [2.75, 3.05) is 6.61 Å². The third-order valence-corrected chi connectivity index (χ3v) is 3.33. The number of ether oxygens (including phenoxy) is 1. The van der Waals surface area contributed by atoms with E-state index in [1.165, 1.54) is 0 Å². The molecule has 1 aliphatic carbocycles. The topological polar surface area (TPSA) is 58.6 Å². The van der Waals surface area contributed by atoms with Crippen molar-refractivity contribution in [1.82, 2.24) is 5.48 Å². The Kier molecular flexibility index (Phi) is 5.56. The Hall–Kier alpha value is -1.13. The second-order valence-electron chi connectivity index (χ2n) is 4.98. The molecule has 4 nitrogen and oxygen atoms in total. The third kappa shape index (κ3) is 3.43. The quantitative estimate of drug-likeness (QED) is 0.434. The maximum absolute atomic E-state index is 12.1. The molecule has 0 fully saturated rings. The summed E-state index contributed by atoms with van der Waals surface area (Å²) in [5.74, 6) is -0.301. The molecule has 0 spiro atoms. The van der Waals surface area contributed by atoms with Crippen LogP contribution in [0.25, 0.3) is 0 Å². The molecule has 0 aliphatic heterocycles. The molecular formula is C14H23NO3. The molecule has 1 aliphatic rings. The van der Waals surface area contributed by atoms with Crippen molar-refractivity contribution in [3.8, 4) is 0 Å². The average molecular weight is 253 g/mol. The molecule has 0 saturated heterocycles. The van der Waals surface area contributed by atoms with E-state index in [-0.39, 0.29) is 5.97 Å². The molecule has 0 radical (unpaired) electrons. The van der Waals surface area contributed by atoms with Crippen LogP contribution in [-0.4, -0.2) is 23.8 Å². The Bertz CT molecular complexity index is 349. The number of hydrogen-bond acceptors (Lipinski definition) is 4. The number of esters is 1. The van der Waals surface area contributed by atoms with Gasteiger partial charge in [-0.15, -0.1) is 0 Å². The summed E-state index contributed by atoms with van der Waals surface area (Å²) < 4.78 is 5.28. The lowest BCUT2D eigenvalue weighted by molar-refractivity contribution is -0.154. The van der Waals surface area contributed by atoms with Gasteiger partial charge in [0.15, 0.2) is 0 Å². The van der Waals surface area contributed by atoms with Crippen LogP contribution in [0.4, 0.5) is 0 Å². The van der Waals surface area contributed by atoms with Crippen molar-refractivity contribution in [3.05, 3.63) is 23.8 Å². The van der Waals surface area contributed by atoms with Crippen molar-refractivity contribution in [3.63, 3.8) is 0 Å². The zero-order valence-electron chi connectivity index (χ0n) is 11.4. The van der Waals surface area contributed by atoms with Gasteiger partial charge in [-0.1, -0.05) is 43.6 Å². The Morgan fingerprint density at radius 1 is 1.56 bits per heavy atom. The van der Waals surface area contributed by atoms with E-state index < -0.39 is 11.5 Å². The molecule has 102 valence electrons. The smallest absolute Gasteiger partial charge is 0.317 e. The van der Waals surface area contributed by atoms with Crippen LogP contribution in [0.3, 0.4) is 0 Å². The standard InChI is InChI=1S/C14H23NO3/c1-4-5-6-9-18-13(16)14(3)8-7-11(2)10-12(14)15-17/h7-8,10,12,15,17H,4-6,9H2,1-3H3. The summed E-state index contributed by atoms with van der Waals surface area (Å²) in [6.45, 7) is 6.23. The van der Waals surface area contributed by atoms with Gasteiger partial charge in [0.05, 0.1) is 12.6 Å². The SMILES string of the molecule is CCCCCOC(=O)C1(C)C=CC(C)=CC1NO. The third-order valence-electron chi connectivity index (χ3n) is 3.33. The van der Waals surface area contributed by atoms with E-state index in [1.807, 2.05) is 19.1 Å². The van der Waals surface area contributed by atoms with Gasteiger partial charge in [-0.05, 0) is 20.3 Å². The summed E-state index contributed by atoms with van der Waals surface area (Å²) in [6, 6.07) is -0.443. The van der Waals surface area contributed by atoms with Gasteiger partial charge in [0.1, 0.15) is 5.41 Å². The van der Waals surface area contributed by atoms with E-state index >= 15 is 0 Å². The summed E-state index contributed by atoms with van der Waals surface area (Å²) in [5.41, 5.74) is 2.34. The first-order valence-corrected chi connectivity index (χ1v) is 6.49. The average Bonchev–Trinajstić information content (AvgIpc) is 2.37. The summed E-state index contributed by atoms with van der Waals surface area (Å²) in [5, 5.41) is 9.17. The molecule has 0 bridgehead atoms. The van der Waals surface area contributed by atoms with E-state index in [2.05, 4.69) is 12.4 Å². The van der Waals surface area contributed by atoms with Crippen molar-refractivity contribution >= 4 is 5.97 Å². The zero-order valence-corrected chi connectivity index (χ0v) is 11.4. The molecule has 2 N–H and O–H groups in total. The summed E-state index contributed by atoms with van der Waals surface area (Å²) in [4.78, 5) is 12.1. The molecule has 0 aromatic carbocycles. The molecule has 1 rings (SSSR count). The highest BCUT2D eigenvalue weighted by molar-refractivity contribution is 5.80. The van der Waals surface area contributed by atoms with E-state index in [0.29, 0.717) is 6.61 Å². The van der Waals surface area contributed by atoms with Crippen LogP contribution < -0.4 is 5.48 Å². The minimum atomic E-state index is -0.847. The van der Waals surface area contributed by atoms with Gasteiger partial charge in [0, 0.05) is 0 Å². The molecule has 18 heavy (non-hydrogen) atoms. The number of allylic oxidation sites excluding steroid dienone is 2. The van der Waals surface area contributed by atoms with Crippen molar-refractivity contribution in [2.24, 2.45) is 5.41 Å². The number of nitrogens with one attached hydrogen (secondary N) is 1. The minimum absolute atomic E-state index is 0.301. The number of unbranched alkanes of at least 4 members (excludes halogenated alkanes) is 2. The van der Waals surface area contributed by atoms with Gasteiger partial charge in [-0.25, -0.2) is 0 Å². The second-order valence-corrected chi connectivity index (χ2v) is 4.98. The minimum Gasteiger partial charge on any atom is -0.465 e. The highest BCUT2D eigenvalue weighted by Gasteiger charge is 2.41. The lowest BCUT2D eigenvalue weighted by Gasteiger charge is -2.32. The predicted octanol–water partition coefficient (Wildman–Crippen LogP) is 2.59. The lowest BCUT2D eigenvalue weighted by Crippen LogP contribution is -2.47. The Morgan fingerprint density at radius 2 is 2.28 bits per heavy atom. The monoisotopic (exact) mass is 253 g/mol. The van der Waals surface area contributed by atoms with Crippen LogP contribution in [0, 0.1) is 5.41 Å². The highest BCUT2D eigenvalue weighted by Crippen LogP contribution is 2.31. The molecule has 4 heteroatoms. The predicted molar refractivity (Wildman–Crippen MR) is 70.2 cm³/mol. The van der Waals surface area contributed by atoms with Gasteiger partial charge in [-0.3, -0.25) is 4.79 Å². The van der Waals surface area contributed by atoms with Gasteiger partial charge >= 0.3 is 5.97 Å². The first-order chi connectivity index (χ1) is 8.54. The van der Waals surface area contributed by atoms with Gasteiger partial charge in [0.25, 0.3) is 0 Å². The van der Waals surface area contributed by atoms with Crippen molar-refractivity contribution in [1.29, 1.82) is 0 Å². The van der Waals surface area contributed by atoms with E-state index in [1.54, 1.807) is 13.0 Å².